The van der Waals surface area contributed by atoms with Crippen LogP contribution in [0.4, 0.5) is 5.82 Å². The highest BCUT2D eigenvalue weighted by atomic mass is 16.5. The molecule has 26 heavy (non-hydrogen) atoms. The molecule has 2 aromatic rings. The Kier molecular flexibility index (Phi) is 4.67. The van der Waals surface area contributed by atoms with Crippen molar-refractivity contribution in [2.75, 3.05) is 11.9 Å². The van der Waals surface area contributed by atoms with Gasteiger partial charge in [-0.15, -0.1) is 0 Å². The average Bonchev–Trinajstić information content (AvgIpc) is 2.69. The Balaban J connectivity index is 1.40. The number of pyridine rings is 1. The van der Waals surface area contributed by atoms with E-state index in [1.807, 2.05) is 6.07 Å². The zero-order valence-electron chi connectivity index (χ0n) is 14.5. The van der Waals surface area contributed by atoms with Crippen LogP contribution in [0.15, 0.2) is 29.2 Å². The number of ether oxygens (including phenoxy) is 1. The Hall–Kier alpha value is -2.72. The molecule has 1 fully saturated rings. The van der Waals surface area contributed by atoms with Gasteiger partial charge < -0.3 is 10.1 Å². The predicted octanol–water partition coefficient (Wildman–Crippen LogP) is 2.18. The van der Waals surface area contributed by atoms with Gasteiger partial charge in [0, 0.05) is 30.3 Å². The van der Waals surface area contributed by atoms with Crippen molar-refractivity contribution in [3.63, 3.8) is 0 Å². The Morgan fingerprint density at radius 3 is 2.85 bits per heavy atom. The Morgan fingerprint density at radius 2 is 2.12 bits per heavy atom. The molecule has 0 aromatic carbocycles. The van der Waals surface area contributed by atoms with Crippen LogP contribution >= 0.6 is 0 Å². The zero-order valence-corrected chi connectivity index (χ0v) is 14.5. The second-order valence-corrected chi connectivity index (χ2v) is 6.90. The molecule has 0 spiro atoms. The van der Waals surface area contributed by atoms with Gasteiger partial charge >= 0.3 is 0 Å². The lowest BCUT2D eigenvalue weighted by molar-refractivity contribution is 0.107. The van der Waals surface area contributed by atoms with Gasteiger partial charge in [0.15, 0.2) is 0 Å². The van der Waals surface area contributed by atoms with Crippen molar-refractivity contribution in [2.45, 2.75) is 50.8 Å². The van der Waals surface area contributed by atoms with E-state index in [9.17, 15) is 4.79 Å². The van der Waals surface area contributed by atoms with Crippen molar-refractivity contribution >= 4 is 5.82 Å². The number of nitrogens with one attached hydrogen (secondary N) is 1. The van der Waals surface area contributed by atoms with Crippen LogP contribution in [0.25, 0.3) is 0 Å². The largest absolute Gasteiger partial charge is 0.376 e. The first kappa shape index (κ1) is 16.7. The van der Waals surface area contributed by atoms with Gasteiger partial charge in [-0.3, -0.25) is 4.79 Å². The maximum Gasteiger partial charge on any atom is 0.267 e. The van der Waals surface area contributed by atoms with E-state index in [-0.39, 0.29) is 11.6 Å². The van der Waals surface area contributed by atoms with Gasteiger partial charge in [-0.2, -0.15) is 10.4 Å². The Labute approximate surface area is 151 Å². The summed E-state index contributed by atoms with van der Waals surface area (Å²) in [5.41, 5.74) is 2.46. The van der Waals surface area contributed by atoms with E-state index in [4.69, 9.17) is 10.00 Å². The molecule has 134 valence electrons. The molecule has 7 heteroatoms. The molecule has 0 bridgehead atoms. The van der Waals surface area contributed by atoms with E-state index >= 15 is 0 Å². The molecule has 0 saturated heterocycles. The van der Waals surface area contributed by atoms with Crippen LogP contribution in [-0.4, -0.2) is 27.4 Å². The molecule has 1 N–H and O–H groups in total. The minimum absolute atomic E-state index is 0.0283. The summed E-state index contributed by atoms with van der Waals surface area (Å²) in [7, 11) is 0. The van der Waals surface area contributed by atoms with Crippen LogP contribution in [0.2, 0.25) is 0 Å². The van der Waals surface area contributed by atoms with Crippen molar-refractivity contribution in [3.8, 4) is 6.07 Å². The lowest BCUT2D eigenvalue weighted by Gasteiger charge is -2.30. The highest BCUT2D eigenvalue weighted by Crippen LogP contribution is 2.29. The lowest BCUT2D eigenvalue weighted by atomic mass is 9.91. The van der Waals surface area contributed by atoms with Crippen LogP contribution in [0, 0.1) is 11.3 Å². The quantitative estimate of drug-likeness (QED) is 0.911. The molecule has 0 radical (unpaired) electrons. The Morgan fingerprint density at radius 1 is 1.27 bits per heavy atom. The fourth-order valence-corrected chi connectivity index (χ4v) is 3.71. The second-order valence-electron chi connectivity index (χ2n) is 6.90. The molecule has 1 aliphatic carbocycles. The third-order valence-electron chi connectivity index (χ3n) is 5.15. The molecular formula is C19H21N5O2. The number of hydrogen-bond acceptors (Lipinski definition) is 6. The summed E-state index contributed by atoms with van der Waals surface area (Å²) in [5.74, 6) is 0.788. The van der Waals surface area contributed by atoms with Crippen molar-refractivity contribution in [1.82, 2.24) is 14.8 Å². The second kappa shape index (κ2) is 7.26. The molecule has 4 rings (SSSR count). The standard InChI is InChI=1S/C19H21N5O2/c20-10-13-1-6-18(21-11-13)22-15-2-4-16(5-3-15)24-19(25)9-14-12-26-8-7-17(14)23-24/h1,6,9,11,15-16H,2-5,7-8,12H2,(H,21,22). The van der Waals surface area contributed by atoms with Gasteiger partial charge in [0.25, 0.3) is 5.56 Å². The van der Waals surface area contributed by atoms with Gasteiger partial charge in [0.2, 0.25) is 0 Å². The average molecular weight is 351 g/mol. The van der Waals surface area contributed by atoms with E-state index in [0.29, 0.717) is 24.8 Å². The Bertz CT molecular complexity index is 876. The summed E-state index contributed by atoms with van der Waals surface area (Å²) in [6, 6.07) is 7.84. The molecule has 1 aliphatic heterocycles. The fourth-order valence-electron chi connectivity index (χ4n) is 3.71. The van der Waals surface area contributed by atoms with E-state index in [0.717, 1.165) is 49.2 Å². The molecule has 2 aromatic heterocycles. The summed E-state index contributed by atoms with van der Waals surface area (Å²) in [5, 5.41) is 16.9. The van der Waals surface area contributed by atoms with Crippen molar-refractivity contribution in [1.29, 1.82) is 5.26 Å². The highest BCUT2D eigenvalue weighted by Gasteiger charge is 2.25. The molecule has 0 unspecified atom stereocenters. The smallest absolute Gasteiger partial charge is 0.267 e. The molecule has 1 saturated carbocycles. The minimum atomic E-state index is -0.0283. The number of fused-ring (bicyclic) bond motifs is 1. The van der Waals surface area contributed by atoms with Gasteiger partial charge in [-0.25, -0.2) is 9.67 Å². The first-order valence-electron chi connectivity index (χ1n) is 9.05. The first-order chi connectivity index (χ1) is 12.7. The van der Waals surface area contributed by atoms with Crippen LogP contribution in [0.1, 0.15) is 48.5 Å². The van der Waals surface area contributed by atoms with Crippen LogP contribution in [0.5, 0.6) is 0 Å². The van der Waals surface area contributed by atoms with E-state index in [1.54, 1.807) is 23.0 Å². The van der Waals surface area contributed by atoms with E-state index in [1.165, 1.54) is 0 Å². The number of anilines is 1. The topological polar surface area (TPSA) is 92.8 Å². The summed E-state index contributed by atoms with van der Waals surface area (Å²) >= 11 is 0. The van der Waals surface area contributed by atoms with E-state index in [2.05, 4.69) is 21.5 Å². The summed E-state index contributed by atoms with van der Waals surface area (Å²) < 4.78 is 7.08. The molecule has 0 amide bonds. The van der Waals surface area contributed by atoms with Gasteiger partial charge in [-0.05, 0) is 37.8 Å². The van der Waals surface area contributed by atoms with Crippen LogP contribution in [0.3, 0.4) is 0 Å². The molecule has 2 aliphatic rings. The van der Waals surface area contributed by atoms with Crippen molar-refractivity contribution in [3.05, 3.63) is 51.6 Å². The van der Waals surface area contributed by atoms with Crippen molar-refractivity contribution in [2.24, 2.45) is 0 Å². The van der Waals surface area contributed by atoms with Gasteiger partial charge in [0.1, 0.15) is 11.9 Å². The summed E-state index contributed by atoms with van der Waals surface area (Å²) in [4.78, 5) is 16.7. The number of aromatic nitrogens is 3. The maximum absolute atomic E-state index is 12.4. The van der Waals surface area contributed by atoms with Crippen LogP contribution in [-0.2, 0) is 17.8 Å². The highest BCUT2D eigenvalue weighted by molar-refractivity contribution is 5.39. The fraction of sp³-hybridized carbons (Fsp3) is 0.474. The first-order valence-corrected chi connectivity index (χ1v) is 9.05. The number of nitrogens with zero attached hydrogens (tertiary/aromatic N) is 4. The molecule has 3 heterocycles. The maximum atomic E-state index is 12.4. The minimum Gasteiger partial charge on any atom is -0.376 e. The summed E-state index contributed by atoms with van der Waals surface area (Å²) in [6.45, 7) is 1.17. The predicted molar refractivity (Wildman–Crippen MR) is 95.7 cm³/mol. The molecule has 0 atom stereocenters. The van der Waals surface area contributed by atoms with Crippen molar-refractivity contribution < 1.29 is 4.74 Å². The normalized spacial score (nSPS) is 22.3. The third kappa shape index (κ3) is 3.46. The summed E-state index contributed by atoms with van der Waals surface area (Å²) in [6.07, 6.45) is 6.10. The number of nitriles is 1. The molecule has 7 nitrogen and oxygen atoms in total. The third-order valence-corrected chi connectivity index (χ3v) is 5.15. The van der Waals surface area contributed by atoms with E-state index < -0.39 is 0 Å². The SMILES string of the molecule is N#Cc1ccc(NC2CCC(n3nc4c(cc3=O)COCC4)CC2)nc1. The number of rotatable bonds is 3. The van der Waals surface area contributed by atoms with Gasteiger partial charge in [-0.1, -0.05) is 0 Å². The zero-order chi connectivity index (χ0) is 17.9. The number of hydrogen-bond donors (Lipinski definition) is 1. The monoisotopic (exact) mass is 351 g/mol. The van der Waals surface area contributed by atoms with Crippen LogP contribution < -0.4 is 10.9 Å². The van der Waals surface area contributed by atoms with Gasteiger partial charge in [0.05, 0.1) is 30.5 Å². The molecular weight excluding hydrogens is 330 g/mol. The lowest BCUT2D eigenvalue weighted by Crippen LogP contribution is -2.35.